The lowest BCUT2D eigenvalue weighted by Gasteiger charge is -2.35. The molecule has 1 aliphatic rings. The van der Waals surface area contributed by atoms with Gasteiger partial charge in [-0.05, 0) is 19.3 Å². The minimum atomic E-state index is -0.103. The smallest absolute Gasteiger partial charge is 0.309 e. The predicted octanol–water partition coefficient (Wildman–Crippen LogP) is 0.855. The molecule has 94 valence electrons. The van der Waals surface area contributed by atoms with Gasteiger partial charge < -0.3 is 15.4 Å². The van der Waals surface area contributed by atoms with Gasteiger partial charge in [0.2, 0.25) is 0 Å². The molecule has 3 atom stereocenters. The largest absolute Gasteiger partial charge is 0.466 e. The summed E-state index contributed by atoms with van der Waals surface area (Å²) in [6.45, 7) is 9.12. The van der Waals surface area contributed by atoms with Gasteiger partial charge >= 0.3 is 5.97 Å². The first kappa shape index (κ1) is 13.5. The molecule has 2 N–H and O–H groups in total. The summed E-state index contributed by atoms with van der Waals surface area (Å²) in [6, 6.07) is 0.248. The van der Waals surface area contributed by atoms with Gasteiger partial charge in [0.15, 0.2) is 0 Å². The van der Waals surface area contributed by atoms with Crippen molar-refractivity contribution in [2.45, 2.75) is 33.2 Å². The Hall–Kier alpha value is -0.610. The third-order valence-electron chi connectivity index (χ3n) is 2.99. The average Bonchev–Trinajstić information content (AvgIpc) is 2.16. The van der Waals surface area contributed by atoms with Crippen molar-refractivity contribution in [1.82, 2.24) is 4.90 Å². The molecule has 3 unspecified atom stereocenters. The molecule has 0 bridgehead atoms. The number of carbonyl (C=O) groups is 1. The highest BCUT2D eigenvalue weighted by Gasteiger charge is 2.25. The summed E-state index contributed by atoms with van der Waals surface area (Å²) >= 11 is 0. The number of carbonyl (C=O) groups excluding carboxylic acids is 1. The third-order valence-corrected chi connectivity index (χ3v) is 2.99. The van der Waals surface area contributed by atoms with Crippen LogP contribution in [0.4, 0.5) is 0 Å². The Morgan fingerprint density at radius 1 is 1.56 bits per heavy atom. The van der Waals surface area contributed by atoms with Crippen LogP contribution in [0.3, 0.4) is 0 Å². The second-order valence-corrected chi connectivity index (χ2v) is 4.97. The number of nitrogens with two attached hydrogens (primary N) is 1. The lowest BCUT2D eigenvalue weighted by Crippen LogP contribution is -2.48. The summed E-state index contributed by atoms with van der Waals surface area (Å²) in [7, 11) is 0. The standard InChI is InChI=1S/C12H24N2O2/c1-4-16-12(15)10(3)7-14-6-9(2)5-11(13)8-14/h9-11H,4-8,13H2,1-3H3. The van der Waals surface area contributed by atoms with Crippen molar-refractivity contribution in [1.29, 1.82) is 0 Å². The first-order valence-corrected chi connectivity index (χ1v) is 6.17. The number of hydrogen-bond acceptors (Lipinski definition) is 4. The number of likely N-dealkylation sites (tertiary alicyclic amines) is 1. The number of piperidine rings is 1. The van der Waals surface area contributed by atoms with Crippen LogP contribution in [0, 0.1) is 11.8 Å². The van der Waals surface area contributed by atoms with Gasteiger partial charge in [-0.25, -0.2) is 0 Å². The molecule has 0 aromatic rings. The van der Waals surface area contributed by atoms with Gasteiger partial charge in [-0.3, -0.25) is 4.79 Å². The van der Waals surface area contributed by atoms with Gasteiger partial charge in [0, 0.05) is 25.7 Å². The van der Waals surface area contributed by atoms with Gasteiger partial charge in [0.05, 0.1) is 12.5 Å². The van der Waals surface area contributed by atoms with Crippen molar-refractivity contribution in [3.63, 3.8) is 0 Å². The van der Waals surface area contributed by atoms with E-state index in [1.807, 2.05) is 13.8 Å². The fourth-order valence-corrected chi connectivity index (χ4v) is 2.41. The minimum Gasteiger partial charge on any atom is -0.466 e. The number of rotatable bonds is 4. The van der Waals surface area contributed by atoms with Gasteiger partial charge in [-0.1, -0.05) is 13.8 Å². The molecule has 1 rings (SSSR count). The zero-order valence-electron chi connectivity index (χ0n) is 10.6. The summed E-state index contributed by atoms with van der Waals surface area (Å²) in [5.41, 5.74) is 5.97. The van der Waals surface area contributed by atoms with E-state index in [9.17, 15) is 4.79 Å². The van der Waals surface area contributed by atoms with Crippen LogP contribution in [0.2, 0.25) is 0 Å². The monoisotopic (exact) mass is 228 g/mol. The highest BCUT2D eigenvalue weighted by molar-refractivity contribution is 5.72. The van der Waals surface area contributed by atoms with Crippen LogP contribution in [-0.2, 0) is 9.53 Å². The first-order chi connectivity index (χ1) is 7.52. The number of hydrogen-bond donors (Lipinski definition) is 1. The Bertz CT molecular complexity index is 223. The van der Waals surface area contributed by atoms with E-state index in [0.717, 1.165) is 26.1 Å². The summed E-state index contributed by atoms with van der Waals surface area (Å²) in [6.07, 6.45) is 1.09. The average molecular weight is 228 g/mol. The molecular weight excluding hydrogens is 204 g/mol. The van der Waals surface area contributed by atoms with Crippen molar-refractivity contribution in [2.75, 3.05) is 26.2 Å². The maximum Gasteiger partial charge on any atom is 0.309 e. The molecular formula is C12H24N2O2. The lowest BCUT2D eigenvalue weighted by molar-refractivity contribution is -0.148. The van der Waals surface area contributed by atoms with Crippen molar-refractivity contribution < 1.29 is 9.53 Å². The van der Waals surface area contributed by atoms with E-state index in [1.54, 1.807) is 0 Å². The Morgan fingerprint density at radius 3 is 2.81 bits per heavy atom. The molecule has 4 nitrogen and oxygen atoms in total. The van der Waals surface area contributed by atoms with Crippen LogP contribution in [-0.4, -0.2) is 43.2 Å². The van der Waals surface area contributed by atoms with Crippen LogP contribution >= 0.6 is 0 Å². The molecule has 1 heterocycles. The van der Waals surface area contributed by atoms with E-state index in [2.05, 4.69) is 11.8 Å². The minimum absolute atomic E-state index is 0.0579. The van der Waals surface area contributed by atoms with Gasteiger partial charge in [-0.2, -0.15) is 0 Å². The van der Waals surface area contributed by atoms with Crippen LogP contribution in [0.5, 0.6) is 0 Å². The molecule has 0 spiro atoms. The van der Waals surface area contributed by atoms with Crippen LogP contribution < -0.4 is 5.73 Å². The normalized spacial score (nSPS) is 28.8. The molecule has 4 heteroatoms. The zero-order chi connectivity index (χ0) is 12.1. The van der Waals surface area contributed by atoms with E-state index in [0.29, 0.717) is 12.5 Å². The molecule has 0 aliphatic carbocycles. The fourth-order valence-electron chi connectivity index (χ4n) is 2.41. The molecule has 1 aliphatic heterocycles. The molecule has 16 heavy (non-hydrogen) atoms. The van der Waals surface area contributed by atoms with E-state index in [-0.39, 0.29) is 17.9 Å². The summed E-state index contributed by atoms with van der Waals surface area (Å²) in [5.74, 6) is 0.463. The first-order valence-electron chi connectivity index (χ1n) is 6.17. The Kier molecular flexibility index (Phi) is 5.22. The van der Waals surface area contributed by atoms with Crippen molar-refractivity contribution in [2.24, 2.45) is 17.6 Å². The van der Waals surface area contributed by atoms with E-state index < -0.39 is 0 Å². The van der Waals surface area contributed by atoms with Crippen molar-refractivity contribution in [3.05, 3.63) is 0 Å². The summed E-state index contributed by atoms with van der Waals surface area (Å²) in [5, 5.41) is 0. The Morgan fingerprint density at radius 2 is 2.25 bits per heavy atom. The topological polar surface area (TPSA) is 55.6 Å². The second kappa shape index (κ2) is 6.21. The quantitative estimate of drug-likeness (QED) is 0.725. The third kappa shape index (κ3) is 4.10. The van der Waals surface area contributed by atoms with Gasteiger partial charge in [-0.15, -0.1) is 0 Å². The SMILES string of the molecule is CCOC(=O)C(C)CN1CC(C)CC(N)C1. The second-order valence-electron chi connectivity index (χ2n) is 4.97. The van der Waals surface area contributed by atoms with Gasteiger partial charge in [0.1, 0.15) is 0 Å². The number of nitrogens with zero attached hydrogens (tertiary/aromatic N) is 1. The molecule has 0 aromatic carbocycles. The number of esters is 1. The fraction of sp³-hybridized carbons (Fsp3) is 0.917. The zero-order valence-corrected chi connectivity index (χ0v) is 10.6. The van der Waals surface area contributed by atoms with E-state index in [4.69, 9.17) is 10.5 Å². The van der Waals surface area contributed by atoms with Crippen LogP contribution in [0.25, 0.3) is 0 Å². The maximum atomic E-state index is 11.5. The Labute approximate surface area is 98.1 Å². The lowest BCUT2D eigenvalue weighted by atomic mass is 9.96. The van der Waals surface area contributed by atoms with Gasteiger partial charge in [0.25, 0.3) is 0 Å². The van der Waals surface area contributed by atoms with Crippen molar-refractivity contribution >= 4 is 5.97 Å². The summed E-state index contributed by atoms with van der Waals surface area (Å²) in [4.78, 5) is 13.8. The molecule has 0 saturated carbocycles. The molecule has 1 fully saturated rings. The maximum absolute atomic E-state index is 11.5. The Balaban J connectivity index is 2.38. The summed E-state index contributed by atoms with van der Waals surface area (Å²) < 4.78 is 5.00. The van der Waals surface area contributed by atoms with Crippen LogP contribution in [0.15, 0.2) is 0 Å². The molecule has 0 amide bonds. The highest BCUT2D eigenvalue weighted by atomic mass is 16.5. The van der Waals surface area contributed by atoms with Crippen molar-refractivity contribution in [3.8, 4) is 0 Å². The highest BCUT2D eigenvalue weighted by Crippen LogP contribution is 2.16. The predicted molar refractivity (Wildman–Crippen MR) is 64.0 cm³/mol. The molecule has 1 saturated heterocycles. The van der Waals surface area contributed by atoms with Crippen LogP contribution in [0.1, 0.15) is 27.2 Å². The van der Waals surface area contributed by atoms with E-state index >= 15 is 0 Å². The van der Waals surface area contributed by atoms with E-state index in [1.165, 1.54) is 0 Å². The molecule has 0 aromatic heterocycles. The molecule has 0 radical (unpaired) electrons. The number of ether oxygens (including phenoxy) is 1.